The standard InChI is InChI=1S/C20H22O4/c1-4-8-15-14-10-7-6-9-13(14)11-16-17(21)12(3)18(24-19(15)16)20(22)23-5-2/h4,11H,1,5-10H2,2-3H3. The fourth-order valence-electron chi connectivity index (χ4n) is 3.49. The third-order valence-corrected chi connectivity index (χ3v) is 4.65. The second kappa shape index (κ2) is 6.63. The van der Waals surface area contributed by atoms with Gasteiger partial charge in [0, 0.05) is 11.1 Å². The molecule has 0 atom stereocenters. The van der Waals surface area contributed by atoms with Crippen LogP contribution in [-0.2, 0) is 24.0 Å². The largest absolute Gasteiger partial charge is 0.460 e. The molecule has 0 bridgehead atoms. The van der Waals surface area contributed by atoms with Crippen molar-refractivity contribution in [2.75, 3.05) is 6.61 Å². The van der Waals surface area contributed by atoms with E-state index in [1.54, 1.807) is 13.8 Å². The number of carbonyl (C=O) groups is 1. The van der Waals surface area contributed by atoms with E-state index in [2.05, 4.69) is 6.58 Å². The van der Waals surface area contributed by atoms with Gasteiger partial charge in [-0.1, -0.05) is 6.08 Å². The molecule has 1 aromatic carbocycles. The molecule has 0 aliphatic heterocycles. The lowest BCUT2D eigenvalue weighted by molar-refractivity contribution is 0.0489. The molecule has 0 fully saturated rings. The number of ether oxygens (including phenoxy) is 1. The van der Waals surface area contributed by atoms with Gasteiger partial charge in [0.15, 0.2) is 5.43 Å². The molecule has 4 heteroatoms. The molecule has 0 saturated heterocycles. The molecule has 0 unspecified atom stereocenters. The predicted molar refractivity (Wildman–Crippen MR) is 93.7 cm³/mol. The molecule has 0 radical (unpaired) electrons. The quantitative estimate of drug-likeness (QED) is 0.632. The summed E-state index contributed by atoms with van der Waals surface area (Å²) in [6.07, 6.45) is 6.65. The maximum atomic E-state index is 12.8. The smallest absolute Gasteiger partial charge is 0.374 e. The summed E-state index contributed by atoms with van der Waals surface area (Å²) in [5.41, 5.74) is 4.12. The summed E-state index contributed by atoms with van der Waals surface area (Å²) >= 11 is 0. The summed E-state index contributed by atoms with van der Waals surface area (Å²) < 4.78 is 10.9. The Balaban J connectivity index is 2.35. The van der Waals surface area contributed by atoms with E-state index in [4.69, 9.17) is 9.15 Å². The Morgan fingerprint density at radius 3 is 2.83 bits per heavy atom. The Bertz CT molecular complexity index is 874. The number of fused-ring (bicyclic) bond motifs is 2. The first-order chi connectivity index (χ1) is 11.6. The number of aryl methyl sites for hydroxylation is 1. The Morgan fingerprint density at radius 2 is 2.12 bits per heavy atom. The Hall–Kier alpha value is -2.36. The van der Waals surface area contributed by atoms with Gasteiger partial charge in [0.05, 0.1) is 12.0 Å². The van der Waals surface area contributed by atoms with Gasteiger partial charge in [-0.2, -0.15) is 0 Å². The van der Waals surface area contributed by atoms with E-state index in [9.17, 15) is 9.59 Å². The monoisotopic (exact) mass is 326 g/mol. The van der Waals surface area contributed by atoms with Crippen LogP contribution in [0.5, 0.6) is 0 Å². The van der Waals surface area contributed by atoms with Gasteiger partial charge in [0.1, 0.15) is 5.58 Å². The average Bonchev–Trinajstić information content (AvgIpc) is 2.58. The van der Waals surface area contributed by atoms with Gasteiger partial charge in [0.25, 0.3) is 0 Å². The third-order valence-electron chi connectivity index (χ3n) is 4.65. The Morgan fingerprint density at radius 1 is 1.38 bits per heavy atom. The highest BCUT2D eigenvalue weighted by Gasteiger charge is 2.23. The minimum atomic E-state index is -0.587. The average molecular weight is 326 g/mol. The van der Waals surface area contributed by atoms with Crippen LogP contribution in [0.2, 0.25) is 0 Å². The predicted octanol–water partition coefficient (Wildman–Crippen LogP) is 3.89. The summed E-state index contributed by atoms with van der Waals surface area (Å²) in [5.74, 6) is -0.577. The molecule has 0 spiro atoms. The molecule has 2 aromatic rings. The van der Waals surface area contributed by atoms with Gasteiger partial charge in [-0.15, -0.1) is 6.58 Å². The highest BCUT2D eigenvalue weighted by molar-refractivity contribution is 5.92. The van der Waals surface area contributed by atoms with Crippen LogP contribution in [0.3, 0.4) is 0 Å². The Labute approximate surface area is 141 Å². The van der Waals surface area contributed by atoms with E-state index in [-0.39, 0.29) is 17.8 Å². The Kier molecular flexibility index (Phi) is 4.56. The maximum absolute atomic E-state index is 12.8. The lowest BCUT2D eigenvalue weighted by Gasteiger charge is -2.21. The van der Waals surface area contributed by atoms with Crippen LogP contribution >= 0.6 is 0 Å². The number of hydrogen-bond acceptors (Lipinski definition) is 4. The number of esters is 1. The van der Waals surface area contributed by atoms with Gasteiger partial charge in [-0.05, 0) is 63.1 Å². The first-order valence-corrected chi connectivity index (χ1v) is 8.47. The van der Waals surface area contributed by atoms with Crippen molar-refractivity contribution in [3.8, 4) is 0 Å². The number of allylic oxidation sites excluding steroid dienone is 1. The number of benzene rings is 1. The van der Waals surface area contributed by atoms with Crippen molar-refractivity contribution in [3.05, 3.63) is 57.0 Å². The molecule has 126 valence electrons. The highest BCUT2D eigenvalue weighted by atomic mass is 16.5. The van der Waals surface area contributed by atoms with E-state index in [1.165, 1.54) is 11.1 Å². The van der Waals surface area contributed by atoms with Crippen LogP contribution in [0, 0.1) is 6.92 Å². The molecule has 3 rings (SSSR count). The van der Waals surface area contributed by atoms with Crippen LogP contribution in [-0.4, -0.2) is 12.6 Å². The van der Waals surface area contributed by atoms with Crippen LogP contribution < -0.4 is 5.43 Å². The van der Waals surface area contributed by atoms with E-state index < -0.39 is 5.97 Å². The zero-order chi connectivity index (χ0) is 17.3. The SMILES string of the molecule is C=CCc1c2c(cc3c(=O)c(C)c(C(=O)OCC)oc13)CCCC2. The molecule has 4 nitrogen and oxygen atoms in total. The topological polar surface area (TPSA) is 56.5 Å². The third kappa shape index (κ3) is 2.66. The molecule has 24 heavy (non-hydrogen) atoms. The number of hydrogen-bond donors (Lipinski definition) is 0. The van der Waals surface area contributed by atoms with Crippen molar-refractivity contribution in [3.63, 3.8) is 0 Å². The van der Waals surface area contributed by atoms with Crippen molar-refractivity contribution in [2.24, 2.45) is 0 Å². The van der Waals surface area contributed by atoms with Crippen molar-refractivity contribution in [1.82, 2.24) is 0 Å². The van der Waals surface area contributed by atoms with E-state index in [0.717, 1.165) is 31.2 Å². The van der Waals surface area contributed by atoms with Crippen LogP contribution in [0.25, 0.3) is 11.0 Å². The first-order valence-electron chi connectivity index (χ1n) is 8.47. The molecular weight excluding hydrogens is 304 g/mol. The van der Waals surface area contributed by atoms with Gasteiger partial charge >= 0.3 is 5.97 Å². The number of carbonyl (C=O) groups excluding carboxylic acids is 1. The molecule has 1 heterocycles. The van der Waals surface area contributed by atoms with Gasteiger partial charge in [-0.25, -0.2) is 4.79 Å². The van der Waals surface area contributed by atoms with Crippen LogP contribution in [0.1, 0.15) is 52.6 Å². The second-order valence-corrected chi connectivity index (χ2v) is 6.18. The first kappa shape index (κ1) is 16.5. The second-order valence-electron chi connectivity index (χ2n) is 6.18. The van der Waals surface area contributed by atoms with Crippen molar-refractivity contribution in [2.45, 2.75) is 46.0 Å². The molecule has 1 aromatic heterocycles. The molecule has 1 aliphatic carbocycles. The molecule has 0 saturated carbocycles. The molecular formula is C20H22O4. The number of rotatable bonds is 4. The highest BCUT2D eigenvalue weighted by Crippen LogP contribution is 2.32. The van der Waals surface area contributed by atoms with Crippen molar-refractivity contribution in [1.29, 1.82) is 0 Å². The zero-order valence-electron chi connectivity index (χ0n) is 14.2. The van der Waals surface area contributed by atoms with Gasteiger partial charge in [-0.3, -0.25) is 4.79 Å². The summed E-state index contributed by atoms with van der Waals surface area (Å²) in [4.78, 5) is 25.0. The summed E-state index contributed by atoms with van der Waals surface area (Å²) in [5, 5.41) is 0.554. The zero-order valence-corrected chi connectivity index (χ0v) is 14.2. The summed E-state index contributed by atoms with van der Waals surface area (Å²) in [6.45, 7) is 7.41. The summed E-state index contributed by atoms with van der Waals surface area (Å²) in [7, 11) is 0. The maximum Gasteiger partial charge on any atom is 0.374 e. The van der Waals surface area contributed by atoms with Gasteiger partial charge < -0.3 is 9.15 Å². The molecule has 1 aliphatic rings. The molecule has 0 amide bonds. The van der Waals surface area contributed by atoms with Crippen LogP contribution in [0.15, 0.2) is 27.9 Å². The minimum Gasteiger partial charge on any atom is -0.460 e. The van der Waals surface area contributed by atoms with Gasteiger partial charge in [0.2, 0.25) is 5.76 Å². The molecule has 0 N–H and O–H groups in total. The van der Waals surface area contributed by atoms with Crippen LogP contribution in [0.4, 0.5) is 0 Å². The summed E-state index contributed by atoms with van der Waals surface area (Å²) in [6, 6.07) is 1.95. The van der Waals surface area contributed by atoms with E-state index in [1.807, 2.05) is 12.1 Å². The normalized spacial score (nSPS) is 13.6. The fourth-order valence-corrected chi connectivity index (χ4v) is 3.49. The van der Waals surface area contributed by atoms with Crippen molar-refractivity contribution < 1.29 is 13.9 Å². The van der Waals surface area contributed by atoms with Crippen molar-refractivity contribution >= 4 is 16.9 Å². The minimum absolute atomic E-state index is 0.00965. The fraction of sp³-hybridized carbons (Fsp3) is 0.400. The lowest BCUT2D eigenvalue weighted by Crippen LogP contribution is -2.17. The van der Waals surface area contributed by atoms with E-state index >= 15 is 0 Å². The lowest BCUT2D eigenvalue weighted by atomic mass is 9.85. The van der Waals surface area contributed by atoms with E-state index in [0.29, 0.717) is 23.0 Å².